The molecule has 0 spiro atoms. The van der Waals surface area contributed by atoms with Crippen molar-refractivity contribution in [2.45, 2.75) is 6.92 Å². The van der Waals surface area contributed by atoms with Gasteiger partial charge in [-0.2, -0.15) is 0 Å². The molecule has 0 atom stereocenters. The normalized spacial score (nSPS) is 10.5. The topological polar surface area (TPSA) is 31.4 Å². The SMILES string of the molecule is COc1ccc(OC)c2c(Cl)c(C)cnc12. The summed E-state index contributed by atoms with van der Waals surface area (Å²) in [6.45, 7) is 1.91. The Morgan fingerprint density at radius 3 is 2.38 bits per heavy atom. The Balaban J connectivity index is 2.90. The Morgan fingerprint density at radius 1 is 1.12 bits per heavy atom. The van der Waals surface area contributed by atoms with E-state index in [1.807, 2.05) is 19.1 Å². The number of halogens is 1. The molecule has 2 aromatic rings. The molecule has 0 aliphatic heterocycles. The molecule has 0 aliphatic carbocycles. The molecule has 2 rings (SSSR count). The number of rotatable bonds is 2. The Bertz CT molecular complexity index is 540. The lowest BCUT2D eigenvalue weighted by atomic mass is 10.1. The van der Waals surface area contributed by atoms with Gasteiger partial charge in [0.2, 0.25) is 0 Å². The minimum Gasteiger partial charge on any atom is -0.496 e. The third kappa shape index (κ3) is 1.57. The molecule has 3 nitrogen and oxygen atoms in total. The van der Waals surface area contributed by atoms with Gasteiger partial charge < -0.3 is 9.47 Å². The summed E-state index contributed by atoms with van der Waals surface area (Å²) in [7, 11) is 3.22. The summed E-state index contributed by atoms with van der Waals surface area (Å²) in [6, 6.07) is 3.65. The number of benzene rings is 1. The second-order valence-corrected chi connectivity index (χ2v) is 3.83. The number of nitrogens with zero attached hydrogens (tertiary/aromatic N) is 1. The van der Waals surface area contributed by atoms with Gasteiger partial charge in [0.1, 0.15) is 17.0 Å². The first kappa shape index (κ1) is 11.0. The second-order valence-electron chi connectivity index (χ2n) is 3.45. The average Bonchev–Trinajstić information content (AvgIpc) is 2.32. The van der Waals surface area contributed by atoms with Crippen molar-refractivity contribution in [2.75, 3.05) is 14.2 Å². The molecule has 0 N–H and O–H groups in total. The van der Waals surface area contributed by atoms with Gasteiger partial charge in [0, 0.05) is 6.20 Å². The van der Waals surface area contributed by atoms with E-state index in [9.17, 15) is 0 Å². The van der Waals surface area contributed by atoms with E-state index < -0.39 is 0 Å². The quantitative estimate of drug-likeness (QED) is 0.804. The fourth-order valence-corrected chi connectivity index (χ4v) is 1.88. The zero-order valence-electron chi connectivity index (χ0n) is 9.37. The first-order valence-electron chi connectivity index (χ1n) is 4.84. The molecule has 0 amide bonds. The molecule has 0 radical (unpaired) electrons. The third-order valence-electron chi connectivity index (χ3n) is 2.50. The number of hydrogen-bond donors (Lipinski definition) is 0. The van der Waals surface area contributed by atoms with Gasteiger partial charge in [0.25, 0.3) is 0 Å². The highest BCUT2D eigenvalue weighted by molar-refractivity contribution is 6.36. The maximum atomic E-state index is 6.26. The van der Waals surface area contributed by atoms with Gasteiger partial charge in [-0.05, 0) is 24.6 Å². The summed E-state index contributed by atoms with van der Waals surface area (Å²) >= 11 is 6.26. The van der Waals surface area contributed by atoms with Crippen LogP contribution in [0.25, 0.3) is 10.9 Å². The highest BCUT2D eigenvalue weighted by atomic mass is 35.5. The molecule has 0 fully saturated rings. The van der Waals surface area contributed by atoms with Crippen LogP contribution in [-0.4, -0.2) is 19.2 Å². The fourth-order valence-electron chi connectivity index (χ4n) is 1.64. The van der Waals surface area contributed by atoms with Crippen LogP contribution in [0.15, 0.2) is 18.3 Å². The van der Waals surface area contributed by atoms with Crippen molar-refractivity contribution in [1.29, 1.82) is 0 Å². The number of hydrogen-bond acceptors (Lipinski definition) is 3. The molecule has 0 saturated heterocycles. The molecular weight excluding hydrogens is 226 g/mol. The highest BCUT2D eigenvalue weighted by Gasteiger charge is 2.13. The van der Waals surface area contributed by atoms with Gasteiger partial charge >= 0.3 is 0 Å². The van der Waals surface area contributed by atoms with Crippen LogP contribution in [0, 0.1) is 6.92 Å². The van der Waals surface area contributed by atoms with E-state index >= 15 is 0 Å². The van der Waals surface area contributed by atoms with Gasteiger partial charge in [0.15, 0.2) is 0 Å². The number of methoxy groups -OCH3 is 2. The largest absolute Gasteiger partial charge is 0.496 e. The molecule has 84 valence electrons. The van der Waals surface area contributed by atoms with Crippen LogP contribution in [0.1, 0.15) is 5.56 Å². The summed E-state index contributed by atoms with van der Waals surface area (Å²) in [5.41, 5.74) is 1.64. The molecule has 0 aliphatic rings. The number of aromatic nitrogens is 1. The summed E-state index contributed by atoms with van der Waals surface area (Å²) in [5, 5.41) is 1.45. The van der Waals surface area contributed by atoms with Crippen molar-refractivity contribution in [3.8, 4) is 11.5 Å². The van der Waals surface area contributed by atoms with E-state index in [2.05, 4.69) is 4.98 Å². The van der Waals surface area contributed by atoms with Crippen LogP contribution in [-0.2, 0) is 0 Å². The van der Waals surface area contributed by atoms with Crippen molar-refractivity contribution >= 4 is 22.5 Å². The maximum absolute atomic E-state index is 6.26. The first-order chi connectivity index (χ1) is 7.69. The van der Waals surface area contributed by atoms with Crippen molar-refractivity contribution in [3.63, 3.8) is 0 Å². The molecule has 4 heteroatoms. The first-order valence-corrected chi connectivity index (χ1v) is 5.22. The molecule has 16 heavy (non-hydrogen) atoms. The Kier molecular flexibility index (Phi) is 2.88. The zero-order valence-corrected chi connectivity index (χ0v) is 10.1. The van der Waals surface area contributed by atoms with Gasteiger partial charge in [0.05, 0.1) is 24.6 Å². The molecule has 0 saturated carbocycles. The van der Waals surface area contributed by atoms with Crippen LogP contribution < -0.4 is 9.47 Å². The van der Waals surface area contributed by atoms with E-state index in [0.717, 1.165) is 16.5 Å². The molecule has 0 unspecified atom stereocenters. The van der Waals surface area contributed by atoms with Gasteiger partial charge in [-0.3, -0.25) is 4.98 Å². The van der Waals surface area contributed by atoms with E-state index in [1.54, 1.807) is 20.4 Å². The lowest BCUT2D eigenvalue weighted by molar-refractivity contribution is 0.409. The van der Waals surface area contributed by atoms with Gasteiger partial charge in [-0.25, -0.2) is 0 Å². The second kappa shape index (κ2) is 4.18. The van der Waals surface area contributed by atoms with Crippen LogP contribution in [0.3, 0.4) is 0 Å². The van der Waals surface area contributed by atoms with Crippen molar-refractivity contribution in [2.24, 2.45) is 0 Å². The van der Waals surface area contributed by atoms with Crippen LogP contribution in [0.2, 0.25) is 5.02 Å². The van der Waals surface area contributed by atoms with Gasteiger partial charge in [-0.15, -0.1) is 0 Å². The number of pyridine rings is 1. The smallest absolute Gasteiger partial charge is 0.145 e. The fraction of sp³-hybridized carbons (Fsp3) is 0.250. The maximum Gasteiger partial charge on any atom is 0.145 e. The van der Waals surface area contributed by atoms with Crippen LogP contribution in [0.5, 0.6) is 11.5 Å². The van der Waals surface area contributed by atoms with E-state index in [1.165, 1.54) is 0 Å². The van der Waals surface area contributed by atoms with Crippen molar-refractivity contribution < 1.29 is 9.47 Å². The number of fused-ring (bicyclic) bond motifs is 1. The Labute approximate surface area is 99.0 Å². The Hall–Kier alpha value is -1.48. The average molecular weight is 238 g/mol. The molecule has 1 heterocycles. The highest BCUT2D eigenvalue weighted by Crippen LogP contribution is 2.37. The zero-order chi connectivity index (χ0) is 11.7. The van der Waals surface area contributed by atoms with Crippen molar-refractivity contribution in [1.82, 2.24) is 4.98 Å². The predicted octanol–water partition coefficient (Wildman–Crippen LogP) is 3.21. The number of aryl methyl sites for hydroxylation is 1. The summed E-state index contributed by atoms with van der Waals surface area (Å²) in [5.74, 6) is 1.40. The molecule has 1 aromatic carbocycles. The molecular formula is C12H12ClNO2. The van der Waals surface area contributed by atoms with Crippen molar-refractivity contribution in [3.05, 3.63) is 28.9 Å². The van der Waals surface area contributed by atoms with E-state index in [0.29, 0.717) is 16.5 Å². The lowest BCUT2D eigenvalue weighted by Gasteiger charge is -2.11. The molecule has 0 bridgehead atoms. The van der Waals surface area contributed by atoms with Gasteiger partial charge in [-0.1, -0.05) is 11.6 Å². The summed E-state index contributed by atoms with van der Waals surface area (Å²) in [4.78, 5) is 4.33. The number of ether oxygens (including phenoxy) is 2. The predicted molar refractivity (Wildman–Crippen MR) is 64.6 cm³/mol. The van der Waals surface area contributed by atoms with E-state index in [4.69, 9.17) is 21.1 Å². The minimum atomic E-state index is 0.653. The standard InChI is InChI=1S/C12H12ClNO2/c1-7-6-14-12-9(16-3)5-4-8(15-2)10(12)11(7)13/h4-6H,1-3H3. The minimum absolute atomic E-state index is 0.653. The van der Waals surface area contributed by atoms with Crippen LogP contribution >= 0.6 is 11.6 Å². The third-order valence-corrected chi connectivity index (χ3v) is 2.98. The van der Waals surface area contributed by atoms with E-state index in [-0.39, 0.29) is 0 Å². The summed E-state index contributed by atoms with van der Waals surface area (Å²) in [6.07, 6.45) is 1.73. The monoisotopic (exact) mass is 237 g/mol. The Morgan fingerprint density at radius 2 is 1.75 bits per heavy atom. The van der Waals surface area contributed by atoms with Crippen LogP contribution in [0.4, 0.5) is 0 Å². The molecule has 1 aromatic heterocycles. The summed E-state index contributed by atoms with van der Waals surface area (Å²) < 4.78 is 10.5. The lowest BCUT2D eigenvalue weighted by Crippen LogP contribution is -1.93.